The third-order valence-corrected chi connectivity index (χ3v) is 7.78. The van der Waals surface area contributed by atoms with Gasteiger partial charge < -0.3 is 14.6 Å². The zero-order chi connectivity index (χ0) is 23.4. The summed E-state index contributed by atoms with van der Waals surface area (Å²) in [7, 11) is 0. The van der Waals surface area contributed by atoms with Crippen molar-refractivity contribution < 1.29 is 9.21 Å². The first-order chi connectivity index (χ1) is 16.0. The van der Waals surface area contributed by atoms with Gasteiger partial charge in [-0.2, -0.15) is 0 Å². The number of nitrogens with zero attached hydrogens (tertiary/aromatic N) is 2. The minimum atomic E-state index is -0.199. The van der Waals surface area contributed by atoms with Gasteiger partial charge in [0.05, 0.1) is 12.3 Å². The second kappa shape index (κ2) is 10.7. The molecule has 33 heavy (non-hydrogen) atoms. The van der Waals surface area contributed by atoms with Gasteiger partial charge in [0.15, 0.2) is 5.76 Å². The highest BCUT2D eigenvalue weighted by atomic mass is 32.1. The minimum absolute atomic E-state index is 0.105. The lowest BCUT2D eigenvalue weighted by Gasteiger charge is -2.39. The summed E-state index contributed by atoms with van der Waals surface area (Å²) in [5, 5.41) is 4.08. The summed E-state index contributed by atoms with van der Waals surface area (Å²) >= 11 is 1.67. The van der Waals surface area contributed by atoms with Crippen molar-refractivity contribution in [1.29, 1.82) is 0 Å². The molecule has 0 aliphatic carbocycles. The van der Waals surface area contributed by atoms with Crippen molar-refractivity contribution in [3.8, 4) is 0 Å². The van der Waals surface area contributed by atoms with Crippen LogP contribution >= 0.6 is 11.3 Å². The molecule has 0 radical (unpaired) electrons. The van der Waals surface area contributed by atoms with Gasteiger partial charge in [0.1, 0.15) is 5.00 Å². The van der Waals surface area contributed by atoms with Gasteiger partial charge in [-0.3, -0.25) is 9.69 Å². The van der Waals surface area contributed by atoms with Crippen LogP contribution in [-0.2, 0) is 6.42 Å². The first kappa shape index (κ1) is 23.7. The van der Waals surface area contributed by atoms with Crippen LogP contribution in [0.15, 0.2) is 53.1 Å². The molecule has 2 aromatic heterocycles. The van der Waals surface area contributed by atoms with Gasteiger partial charge >= 0.3 is 0 Å². The van der Waals surface area contributed by atoms with Gasteiger partial charge in [-0.1, -0.05) is 52.0 Å². The molecule has 0 spiro atoms. The van der Waals surface area contributed by atoms with E-state index in [0.29, 0.717) is 11.7 Å². The Morgan fingerprint density at radius 2 is 1.76 bits per heavy atom. The first-order valence-corrected chi connectivity index (χ1v) is 12.9. The molecular weight excluding hydrogens is 430 g/mol. The van der Waals surface area contributed by atoms with Crippen LogP contribution in [0.5, 0.6) is 0 Å². The van der Waals surface area contributed by atoms with Gasteiger partial charge in [0.25, 0.3) is 5.91 Å². The first-order valence-electron chi connectivity index (χ1n) is 12.0. The monoisotopic (exact) mass is 465 g/mol. The summed E-state index contributed by atoms with van der Waals surface area (Å²) in [5.41, 5.74) is 3.80. The van der Waals surface area contributed by atoms with Crippen molar-refractivity contribution in [3.63, 3.8) is 0 Å². The molecule has 1 saturated heterocycles. The Hall–Kier alpha value is -2.41. The molecule has 0 unspecified atom stereocenters. The van der Waals surface area contributed by atoms with Crippen LogP contribution < -0.4 is 5.32 Å². The minimum Gasteiger partial charge on any atom is -0.459 e. The summed E-state index contributed by atoms with van der Waals surface area (Å²) in [5.74, 6) is 0.638. The summed E-state index contributed by atoms with van der Waals surface area (Å²) in [6.45, 7) is 14.1. The van der Waals surface area contributed by atoms with Crippen molar-refractivity contribution in [2.75, 3.05) is 38.0 Å². The fraction of sp³-hybridized carbons (Fsp3) is 0.444. The average molecular weight is 466 g/mol. The molecule has 1 aliphatic heterocycles. The molecular formula is C27H35N3O2S. The van der Waals surface area contributed by atoms with E-state index in [1.165, 1.54) is 27.8 Å². The Bertz CT molecular complexity index is 1030. The van der Waals surface area contributed by atoms with E-state index in [-0.39, 0.29) is 11.9 Å². The summed E-state index contributed by atoms with van der Waals surface area (Å²) in [6, 6.07) is 14.9. The summed E-state index contributed by atoms with van der Waals surface area (Å²) in [6.07, 6.45) is 2.48. The van der Waals surface area contributed by atoms with E-state index < -0.39 is 0 Å². The third kappa shape index (κ3) is 5.40. The Morgan fingerprint density at radius 3 is 2.33 bits per heavy atom. The van der Waals surface area contributed by atoms with Crippen LogP contribution in [0.25, 0.3) is 0 Å². The van der Waals surface area contributed by atoms with E-state index in [2.05, 4.69) is 73.1 Å². The van der Waals surface area contributed by atoms with Gasteiger partial charge in [-0.25, -0.2) is 0 Å². The number of thiophene rings is 1. The van der Waals surface area contributed by atoms with Crippen LogP contribution in [0.1, 0.15) is 71.8 Å². The number of piperazine rings is 1. The Labute approximate surface area is 201 Å². The lowest BCUT2D eigenvalue weighted by molar-refractivity contribution is 0.0995. The second-order valence-corrected chi connectivity index (χ2v) is 10.1. The number of rotatable bonds is 8. The number of hydrogen-bond acceptors (Lipinski definition) is 5. The number of amides is 1. The maximum atomic E-state index is 12.8. The van der Waals surface area contributed by atoms with Crippen LogP contribution in [0.3, 0.4) is 0 Å². The number of hydrogen-bond donors (Lipinski definition) is 1. The number of likely N-dealkylation sites (N-methyl/N-ethyl adjacent to an activating group) is 1. The maximum Gasteiger partial charge on any atom is 0.291 e. The smallest absolute Gasteiger partial charge is 0.291 e. The van der Waals surface area contributed by atoms with E-state index in [1.54, 1.807) is 23.5 Å². The zero-order valence-electron chi connectivity index (χ0n) is 20.1. The zero-order valence-corrected chi connectivity index (χ0v) is 21.0. The SMILES string of the molecule is CCc1cc([C@@H](c2ccc(C(C)C)cc2)N2CCN(CC)CC2)c(NC(=O)c2ccco2)s1. The predicted molar refractivity (Wildman–Crippen MR) is 136 cm³/mol. The molecule has 1 fully saturated rings. The Balaban J connectivity index is 1.71. The number of furan rings is 1. The normalized spacial score (nSPS) is 16.3. The van der Waals surface area contributed by atoms with Crippen molar-refractivity contribution in [2.24, 2.45) is 0 Å². The van der Waals surface area contributed by atoms with Crippen LogP contribution in [0.4, 0.5) is 5.00 Å². The van der Waals surface area contributed by atoms with Crippen LogP contribution in [-0.4, -0.2) is 48.4 Å². The fourth-order valence-corrected chi connectivity index (χ4v) is 5.52. The standard InChI is InChI=1S/C27H35N3O2S/c1-5-22-18-23(27(33-22)28-26(31)24-8-7-17-32-24)25(30-15-13-29(6-2)14-16-30)21-11-9-20(10-12-21)19(3)4/h7-12,17-19,25H,5-6,13-16H2,1-4H3,(H,28,31)/t25-/m1/s1. The number of benzene rings is 1. The Morgan fingerprint density at radius 1 is 1.06 bits per heavy atom. The molecule has 3 heterocycles. The number of nitrogens with one attached hydrogen (secondary N) is 1. The van der Waals surface area contributed by atoms with Crippen LogP contribution in [0, 0.1) is 0 Å². The average Bonchev–Trinajstić information content (AvgIpc) is 3.51. The van der Waals surface area contributed by atoms with E-state index in [0.717, 1.165) is 44.1 Å². The van der Waals surface area contributed by atoms with Gasteiger partial charge in [0, 0.05) is 36.6 Å². The van der Waals surface area contributed by atoms with Crippen LogP contribution in [0.2, 0.25) is 0 Å². The maximum absolute atomic E-state index is 12.8. The second-order valence-electron chi connectivity index (χ2n) is 8.98. The predicted octanol–water partition coefficient (Wildman–Crippen LogP) is 6.01. The lowest BCUT2D eigenvalue weighted by atomic mass is 9.94. The largest absolute Gasteiger partial charge is 0.459 e. The highest BCUT2D eigenvalue weighted by Gasteiger charge is 2.30. The fourth-order valence-electron chi connectivity index (χ4n) is 4.49. The van der Waals surface area contributed by atoms with Gasteiger partial charge in [-0.05, 0) is 48.2 Å². The number of carbonyl (C=O) groups is 1. The quantitative estimate of drug-likeness (QED) is 0.443. The van der Waals surface area contributed by atoms with E-state index in [9.17, 15) is 4.79 Å². The number of aryl methyl sites for hydroxylation is 1. The summed E-state index contributed by atoms with van der Waals surface area (Å²) < 4.78 is 5.34. The highest BCUT2D eigenvalue weighted by molar-refractivity contribution is 7.16. The number of carbonyl (C=O) groups excluding carboxylic acids is 1. The molecule has 176 valence electrons. The highest BCUT2D eigenvalue weighted by Crippen LogP contribution is 2.40. The Kier molecular flexibility index (Phi) is 7.68. The van der Waals surface area contributed by atoms with Crippen molar-refractivity contribution in [1.82, 2.24) is 9.80 Å². The lowest BCUT2D eigenvalue weighted by Crippen LogP contribution is -2.47. The van der Waals surface area contributed by atoms with Crippen molar-refractivity contribution in [2.45, 2.75) is 46.1 Å². The molecule has 5 nitrogen and oxygen atoms in total. The molecule has 1 aromatic carbocycles. The van der Waals surface area contributed by atoms with Crippen molar-refractivity contribution >= 4 is 22.2 Å². The van der Waals surface area contributed by atoms with Gasteiger partial charge in [-0.15, -0.1) is 11.3 Å². The summed E-state index contributed by atoms with van der Waals surface area (Å²) in [4.78, 5) is 19.2. The molecule has 1 amide bonds. The van der Waals surface area contributed by atoms with Crippen molar-refractivity contribution in [3.05, 3.63) is 76.1 Å². The van der Waals surface area contributed by atoms with E-state index in [4.69, 9.17) is 4.42 Å². The third-order valence-electron chi connectivity index (χ3n) is 6.57. The molecule has 6 heteroatoms. The molecule has 4 rings (SSSR count). The molecule has 0 saturated carbocycles. The molecule has 1 aliphatic rings. The molecule has 0 bridgehead atoms. The van der Waals surface area contributed by atoms with Gasteiger partial charge in [0.2, 0.25) is 0 Å². The van der Waals surface area contributed by atoms with E-state index >= 15 is 0 Å². The molecule has 3 aromatic rings. The van der Waals surface area contributed by atoms with E-state index in [1.807, 2.05) is 0 Å². The molecule has 1 atom stereocenters. The molecule has 1 N–H and O–H groups in total. The number of anilines is 1. The topological polar surface area (TPSA) is 48.7 Å².